The van der Waals surface area contributed by atoms with Crippen LogP contribution in [0.5, 0.6) is 0 Å². The fraction of sp³-hybridized carbons (Fsp3) is 1.00. The Morgan fingerprint density at radius 1 is 1.17 bits per heavy atom. The van der Waals surface area contributed by atoms with Gasteiger partial charge in [-0.1, -0.05) is 13.3 Å². The Hall–Kier alpha value is 0.763. The monoisotopic (exact) mass is 405 g/mol. The standard InChI is InChI=1S/C7H15N.CHF3O3S.BrH.Zn/c1-2-8-6-4-3-5-7-8;2-1(3,4)8(5,6)7;;/h2-7H2,1H3;(H,5,6,7);1H;/q;;;+2/p-2. The molecule has 1 fully saturated rings. The predicted molar refractivity (Wildman–Crippen MR) is 51.7 cm³/mol. The van der Waals surface area contributed by atoms with Gasteiger partial charge in [-0.3, -0.25) is 0 Å². The molecule has 0 amide bonds. The van der Waals surface area contributed by atoms with Gasteiger partial charge in [0, 0.05) is 0 Å². The molecule has 1 rings (SSSR count). The summed E-state index contributed by atoms with van der Waals surface area (Å²) in [7, 11) is -6.09. The average Bonchev–Trinajstić information content (AvgIpc) is 2.17. The molecule has 0 saturated carbocycles. The van der Waals surface area contributed by atoms with Gasteiger partial charge in [0.2, 0.25) is 0 Å². The van der Waals surface area contributed by atoms with Crippen LogP contribution in [0.2, 0.25) is 0 Å². The van der Waals surface area contributed by atoms with Crippen LogP contribution in [0.15, 0.2) is 0 Å². The fourth-order valence-electron chi connectivity index (χ4n) is 1.28. The van der Waals surface area contributed by atoms with E-state index in [0.717, 1.165) is 0 Å². The molecule has 0 aromatic rings. The molecule has 0 aliphatic carbocycles. The number of hydrogen-bond acceptors (Lipinski definition) is 4. The molecule has 0 spiro atoms. The van der Waals surface area contributed by atoms with E-state index in [0.29, 0.717) is 0 Å². The zero-order chi connectivity index (χ0) is 12.8. The first-order valence-electron chi connectivity index (χ1n) is 4.93. The van der Waals surface area contributed by atoms with Crippen molar-refractivity contribution in [1.29, 1.82) is 0 Å². The van der Waals surface area contributed by atoms with Crippen LogP contribution in [0.1, 0.15) is 26.2 Å². The average molecular weight is 408 g/mol. The van der Waals surface area contributed by atoms with Crippen LogP contribution < -0.4 is 17.0 Å². The second-order valence-corrected chi connectivity index (χ2v) is 4.77. The van der Waals surface area contributed by atoms with Crippen molar-refractivity contribution < 1.29 is 62.6 Å². The summed E-state index contributed by atoms with van der Waals surface area (Å²) in [6, 6.07) is 0. The molecule has 0 bridgehead atoms. The SMILES string of the molecule is CCN1CCCCC1.O=S(=O)([O-])C(F)(F)F.[Br-].[Zn+2]. The zero-order valence-electron chi connectivity index (χ0n) is 10.0. The molecule has 0 aromatic carbocycles. The van der Waals surface area contributed by atoms with E-state index in [1.807, 2.05) is 0 Å². The zero-order valence-corrected chi connectivity index (χ0v) is 15.4. The molecule has 0 atom stereocenters. The first-order valence-corrected chi connectivity index (χ1v) is 6.34. The van der Waals surface area contributed by atoms with Crippen molar-refractivity contribution in [2.45, 2.75) is 31.7 Å². The van der Waals surface area contributed by atoms with E-state index in [2.05, 4.69) is 11.8 Å². The summed E-state index contributed by atoms with van der Waals surface area (Å²) in [5.41, 5.74) is -5.65. The summed E-state index contributed by atoms with van der Waals surface area (Å²) in [6.07, 6.45) is 4.30. The van der Waals surface area contributed by atoms with E-state index < -0.39 is 15.6 Å². The maximum Gasteiger partial charge on any atom is 2.00 e. The van der Waals surface area contributed by atoms with E-state index in [1.54, 1.807) is 0 Å². The van der Waals surface area contributed by atoms with Gasteiger partial charge < -0.3 is 26.4 Å². The van der Waals surface area contributed by atoms with Crippen molar-refractivity contribution in [3.8, 4) is 0 Å². The first-order chi connectivity index (χ1) is 7.18. The number of alkyl halides is 3. The van der Waals surface area contributed by atoms with Gasteiger partial charge in [-0.25, -0.2) is 8.42 Å². The van der Waals surface area contributed by atoms with Gasteiger partial charge in [-0.05, 0) is 32.5 Å². The molecular weight excluding hydrogens is 392 g/mol. The van der Waals surface area contributed by atoms with E-state index in [1.165, 1.54) is 38.9 Å². The second-order valence-electron chi connectivity index (χ2n) is 3.39. The van der Waals surface area contributed by atoms with Gasteiger partial charge in [0.15, 0.2) is 10.1 Å². The normalized spacial score (nSPS) is 16.7. The molecule has 0 radical (unpaired) electrons. The Labute approximate surface area is 129 Å². The van der Waals surface area contributed by atoms with Crippen LogP contribution >= 0.6 is 0 Å². The summed E-state index contributed by atoms with van der Waals surface area (Å²) in [4.78, 5) is 2.52. The van der Waals surface area contributed by atoms with Crippen LogP contribution in [-0.2, 0) is 29.6 Å². The minimum Gasteiger partial charge on any atom is -1.00 e. The van der Waals surface area contributed by atoms with Gasteiger partial charge in [0.25, 0.3) is 0 Å². The van der Waals surface area contributed by atoms with E-state index in [4.69, 9.17) is 13.0 Å². The van der Waals surface area contributed by atoms with E-state index in [9.17, 15) is 13.2 Å². The fourth-order valence-corrected chi connectivity index (χ4v) is 1.28. The maximum atomic E-state index is 10.7. The summed E-state index contributed by atoms with van der Waals surface area (Å²) < 4.78 is 58.9. The first kappa shape index (κ1) is 23.8. The number of piperidine rings is 1. The summed E-state index contributed by atoms with van der Waals surface area (Å²) in [5.74, 6) is 0. The molecule has 1 aliphatic rings. The minimum absolute atomic E-state index is 0. The molecule has 106 valence electrons. The molecule has 4 nitrogen and oxygen atoms in total. The van der Waals surface area contributed by atoms with Crippen molar-refractivity contribution >= 4 is 10.1 Å². The van der Waals surface area contributed by atoms with Crippen LogP contribution in [0.3, 0.4) is 0 Å². The van der Waals surface area contributed by atoms with Crippen molar-refractivity contribution in [3.05, 3.63) is 0 Å². The van der Waals surface area contributed by atoms with Gasteiger partial charge in [-0.15, -0.1) is 0 Å². The summed E-state index contributed by atoms with van der Waals surface area (Å²) in [5, 5.41) is 0. The van der Waals surface area contributed by atoms with Crippen molar-refractivity contribution in [1.82, 2.24) is 4.90 Å². The predicted octanol–water partition coefficient (Wildman–Crippen LogP) is -1.45. The smallest absolute Gasteiger partial charge is 1.00 e. The summed E-state index contributed by atoms with van der Waals surface area (Å²) >= 11 is 0. The van der Waals surface area contributed by atoms with Crippen LogP contribution in [0.4, 0.5) is 13.2 Å². The molecule has 0 unspecified atom stereocenters. The number of hydrogen-bond donors (Lipinski definition) is 0. The second kappa shape index (κ2) is 10.5. The number of nitrogens with zero attached hydrogens (tertiary/aromatic N) is 1. The minimum atomic E-state index is -6.09. The number of rotatable bonds is 1. The van der Waals surface area contributed by atoms with Crippen LogP contribution in [-0.4, -0.2) is 43.0 Å². The molecular formula is C8H15BrF3NO3SZn. The third kappa shape index (κ3) is 10.7. The van der Waals surface area contributed by atoms with Crippen molar-refractivity contribution in [2.24, 2.45) is 0 Å². The van der Waals surface area contributed by atoms with E-state index in [-0.39, 0.29) is 36.5 Å². The molecule has 0 N–H and O–H groups in total. The molecule has 1 aliphatic heterocycles. The van der Waals surface area contributed by atoms with E-state index >= 15 is 0 Å². The van der Waals surface area contributed by atoms with Gasteiger partial charge >= 0.3 is 25.0 Å². The maximum absolute atomic E-state index is 10.7. The molecule has 0 aromatic heterocycles. The topological polar surface area (TPSA) is 60.4 Å². The number of likely N-dealkylation sites (tertiary alicyclic amines) is 1. The van der Waals surface area contributed by atoms with Crippen LogP contribution in [0.25, 0.3) is 0 Å². The third-order valence-corrected chi connectivity index (χ3v) is 2.75. The summed E-state index contributed by atoms with van der Waals surface area (Å²) in [6.45, 7) is 6.18. The largest absolute Gasteiger partial charge is 2.00 e. The van der Waals surface area contributed by atoms with Crippen molar-refractivity contribution in [2.75, 3.05) is 19.6 Å². The third-order valence-electron chi connectivity index (χ3n) is 2.18. The Bertz CT molecular complexity index is 294. The van der Waals surface area contributed by atoms with Gasteiger partial charge in [-0.2, -0.15) is 13.2 Å². The quantitative estimate of drug-likeness (QED) is 0.303. The van der Waals surface area contributed by atoms with Gasteiger partial charge in [0.1, 0.15) is 0 Å². The van der Waals surface area contributed by atoms with Crippen LogP contribution in [0, 0.1) is 0 Å². The molecule has 18 heavy (non-hydrogen) atoms. The Kier molecular flexibility index (Phi) is 14.0. The Morgan fingerprint density at radius 3 is 1.67 bits per heavy atom. The molecule has 1 saturated heterocycles. The van der Waals surface area contributed by atoms with Gasteiger partial charge in [0.05, 0.1) is 0 Å². The molecule has 10 heteroatoms. The van der Waals surface area contributed by atoms with Crippen molar-refractivity contribution in [3.63, 3.8) is 0 Å². The molecule has 1 heterocycles. The number of halogens is 4. The Morgan fingerprint density at radius 2 is 1.50 bits per heavy atom. The Balaban J connectivity index is -0.000000225.